The van der Waals surface area contributed by atoms with Gasteiger partial charge in [0.2, 0.25) is 0 Å². The molecule has 0 spiro atoms. The lowest BCUT2D eigenvalue weighted by Crippen LogP contribution is -1.97. The summed E-state index contributed by atoms with van der Waals surface area (Å²) in [5.41, 5.74) is 7.18. The molecule has 0 atom stereocenters. The Hall–Kier alpha value is -1.56. The van der Waals surface area contributed by atoms with Crippen molar-refractivity contribution in [1.29, 1.82) is 0 Å². The average molecular weight is 238 g/mol. The summed E-state index contributed by atoms with van der Waals surface area (Å²) in [7, 11) is 0. The molecule has 0 heterocycles. The SMILES string of the molecule is CCCc1ccccc1Cc1ccc(C)cc1C. The fourth-order valence-electron chi connectivity index (χ4n) is 2.49. The molecule has 0 nitrogen and oxygen atoms in total. The lowest BCUT2D eigenvalue weighted by Gasteiger charge is -2.11. The second kappa shape index (κ2) is 5.86. The lowest BCUT2D eigenvalue weighted by molar-refractivity contribution is 0.903. The molecule has 2 rings (SSSR count). The Morgan fingerprint density at radius 3 is 2.22 bits per heavy atom. The maximum absolute atomic E-state index is 2.28. The van der Waals surface area contributed by atoms with Gasteiger partial charge in [-0.3, -0.25) is 0 Å². The topological polar surface area (TPSA) is 0 Å². The monoisotopic (exact) mass is 238 g/mol. The standard InChI is InChI=1S/C18H22/c1-4-7-16-8-5-6-9-18(16)13-17-11-10-14(2)12-15(17)3/h5-6,8-12H,4,7,13H2,1-3H3. The van der Waals surface area contributed by atoms with E-state index in [9.17, 15) is 0 Å². The van der Waals surface area contributed by atoms with Gasteiger partial charge in [-0.15, -0.1) is 0 Å². The molecule has 2 aromatic carbocycles. The maximum Gasteiger partial charge on any atom is -0.00204 e. The highest BCUT2D eigenvalue weighted by Crippen LogP contribution is 2.19. The van der Waals surface area contributed by atoms with Gasteiger partial charge in [0.1, 0.15) is 0 Å². The second-order valence-corrected chi connectivity index (χ2v) is 5.13. The number of hydrogen-bond acceptors (Lipinski definition) is 0. The largest absolute Gasteiger partial charge is 0.0651 e. The molecule has 18 heavy (non-hydrogen) atoms. The molecule has 2 aromatic rings. The van der Waals surface area contributed by atoms with Gasteiger partial charge in [0.25, 0.3) is 0 Å². The Bertz CT molecular complexity index is 523. The van der Waals surface area contributed by atoms with E-state index in [1.807, 2.05) is 0 Å². The van der Waals surface area contributed by atoms with Gasteiger partial charge in [0, 0.05) is 0 Å². The van der Waals surface area contributed by atoms with Crippen LogP contribution in [0.3, 0.4) is 0 Å². The molecule has 0 amide bonds. The summed E-state index contributed by atoms with van der Waals surface area (Å²) in [5, 5.41) is 0. The summed E-state index contributed by atoms with van der Waals surface area (Å²) in [4.78, 5) is 0. The zero-order valence-electron chi connectivity index (χ0n) is 11.7. The average Bonchev–Trinajstić information content (AvgIpc) is 2.35. The van der Waals surface area contributed by atoms with E-state index < -0.39 is 0 Å². The van der Waals surface area contributed by atoms with Crippen LogP contribution in [0.25, 0.3) is 0 Å². The van der Waals surface area contributed by atoms with Crippen LogP contribution >= 0.6 is 0 Å². The fraction of sp³-hybridized carbons (Fsp3) is 0.333. The van der Waals surface area contributed by atoms with Crippen LogP contribution in [-0.4, -0.2) is 0 Å². The Balaban J connectivity index is 2.28. The molecule has 0 N–H and O–H groups in total. The van der Waals surface area contributed by atoms with Crippen LogP contribution in [0.1, 0.15) is 41.2 Å². The van der Waals surface area contributed by atoms with E-state index in [1.165, 1.54) is 40.7 Å². The van der Waals surface area contributed by atoms with E-state index >= 15 is 0 Å². The van der Waals surface area contributed by atoms with Crippen molar-refractivity contribution in [3.8, 4) is 0 Å². The number of benzene rings is 2. The molecule has 0 saturated carbocycles. The maximum atomic E-state index is 2.28. The van der Waals surface area contributed by atoms with Crippen molar-refractivity contribution in [1.82, 2.24) is 0 Å². The molecular formula is C18H22. The van der Waals surface area contributed by atoms with Crippen molar-refractivity contribution >= 4 is 0 Å². The van der Waals surface area contributed by atoms with Gasteiger partial charge in [-0.2, -0.15) is 0 Å². The third-order valence-corrected chi connectivity index (χ3v) is 3.52. The van der Waals surface area contributed by atoms with Gasteiger partial charge < -0.3 is 0 Å². The molecule has 0 radical (unpaired) electrons. The minimum atomic E-state index is 1.06. The van der Waals surface area contributed by atoms with Gasteiger partial charge in [0.05, 0.1) is 0 Å². The highest BCUT2D eigenvalue weighted by atomic mass is 14.1. The number of hydrogen-bond donors (Lipinski definition) is 0. The van der Waals surface area contributed by atoms with Gasteiger partial charge in [-0.1, -0.05) is 61.4 Å². The van der Waals surface area contributed by atoms with Gasteiger partial charge in [-0.05, 0) is 48.9 Å². The number of aryl methyl sites for hydroxylation is 3. The molecule has 0 aliphatic carbocycles. The molecule has 0 bridgehead atoms. The molecular weight excluding hydrogens is 216 g/mol. The van der Waals surface area contributed by atoms with Crippen molar-refractivity contribution in [3.63, 3.8) is 0 Å². The minimum Gasteiger partial charge on any atom is -0.0651 e. The van der Waals surface area contributed by atoms with Crippen LogP contribution in [0, 0.1) is 13.8 Å². The van der Waals surface area contributed by atoms with Gasteiger partial charge in [0.15, 0.2) is 0 Å². The smallest absolute Gasteiger partial charge is 0.00204 e. The van der Waals surface area contributed by atoms with Crippen LogP contribution in [-0.2, 0) is 12.8 Å². The van der Waals surface area contributed by atoms with Gasteiger partial charge in [-0.25, -0.2) is 0 Å². The first-order valence-corrected chi connectivity index (χ1v) is 6.83. The van der Waals surface area contributed by atoms with Gasteiger partial charge >= 0.3 is 0 Å². The Morgan fingerprint density at radius 2 is 1.56 bits per heavy atom. The molecule has 0 aliphatic rings. The Labute approximate surface area is 111 Å². The third kappa shape index (κ3) is 3.01. The predicted octanol–water partition coefficient (Wildman–Crippen LogP) is 4.85. The van der Waals surface area contributed by atoms with Crippen molar-refractivity contribution in [2.45, 2.75) is 40.0 Å². The molecule has 0 unspecified atom stereocenters. The Kier molecular flexibility index (Phi) is 4.19. The van der Waals surface area contributed by atoms with E-state index in [0.29, 0.717) is 0 Å². The Morgan fingerprint density at radius 1 is 0.833 bits per heavy atom. The van der Waals surface area contributed by atoms with E-state index in [4.69, 9.17) is 0 Å². The zero-order chi connectivity index (χ0) is 13.0. The van der Waals surface area contributed by atoms with E-state index in [0.717, 1.165) is 6.42 Å². The molecule has 0 aliphatic heterocycles. The predicted molar refractivity (Wildman–Crippen MR) is 79.2 cm³/mol. The normalized spacial score (nSPS) is 10.6. The first kappa shape index (κ1) is 12.9. The van der Waals surface area contributed by atoms with Crippen LogP contribution in [0.5, 0.6) is 0 Å². The summed E-state index contributed by atoms with van der Waals surface area (Å²) >= 11 is 0. The van der Waals surface area contributed by atoms with E-state index in [-0.39, 0.29) is 0 Å². The summed E-state index contributed by atoms with van der Waals surface area (Å²) in [5.74, 6) is 0. The summed E-state index contributed by atoms with van der Waals surface area (Å²) in [6.07, 6.45) is 3.45. The molecule has 94 valence electrons. The van der Waals surface area contributed by atoms with Crippen LogP contribution < -0.4 is 0 Å². The summed E-state index contributed by atoms with van der Waals surface area (Å²) in [6, 6.07) is 15.6. The zero-order valence-corrected chi connectivity index (χ0v) is 11.7. The molecule has 0 heteroatoms. The van der Waals surface area contributed by atoms with Crippen molar-refractivity contribution in [3.05, 3.63) is 70.3 Å². The summed E-state index contributed by atoms with van der Waals surface area (Å²) in [6.45, 7) is 6.61. The van der Waals surface area contributed by atoms with Crippen molar-refractivity contribution < 1.29 is 0 Å². The highest BCUT2D eigenvalue weighted by Gasteiger charge is 2.04. The third-order valence-electron chi connectivity index (χ3n) is 3.52. The van der Waals surface area contributed by atoms with E-state index in [1.54, 1.807) is 0 Å². The van der Waals surface area contributed by atoms with Crippen LogP contribution in [0.2, 0.25) is 0 Å². The first-order valence-electron chi connectivity index (χ1n) is 6.83. The van der Waals surface area contributed by atoms with Crippen LogP contribution in [0.15, 0.2) is 42.5 Å². The molecule has 0 fully saturated rings. The van der Waals surface area contributed by atoms with Crippen molar-refractivity contribution in [2.24, 2.45) is 0 Å². The molecule has 0 aromatic heterocycles. The first-order chi connectivity index (χ1) is 8.70. The number of rotatable bonds is 4. The van der Waals surface area contributed by atoms with E-state index in [2.05, 4.69) is 63.2 Å². The summed E-state index contributed by atoms with van der Waals surface area (Å²) < 4.78 is 0. The minimum absolute atomic E-state index is 1.06. The van der Waals surface area contributed by atoms with Crippen LogP contribution in [0.4, 0.5) is 0 Å². The quantitative estimate of drug-likeness (QED) is 0.714. The van der Waals surface area contributed by atoms with Crippen molar-refractivity contribution in [2.75, 3.05) is 0 Å². The lowest BCUT2D eigenvalue weighted by atomic mass is 9.94. The fourth-order valence-corrected chi connectivity index (χ4v) is 2.49. The second-order valence-electron chi connectivity index (χ2n) is 5.13. The molecule has 0 saturated heterocycles. The highest BCUT2D eigenvalue weighted by molar-refractivity contribution is 5.37.